The van der Waals surface area contributed by atoms with E-state index in [1.54, 1.807) is 6.26 Å². The molecule has 3 nitrogen and oxygen atoms in total. The number of hydrogen-bond donors (Lipinski definition) is 1. The minimum absolute atomic E-state index is 0.553. The molecule has 3 atom stereocenters. The van der Waals surface area contributed by atoms with Crippen molar-refractivity contribution in [3.8, 4) is 22.6 Å². The van der Waals surface area contributed by atoms with E-state index < -0.39 is 0 Å². The number of aromatic nitrogens is 1. The van der Waals surface area contributed by atoms with Crippen molar-refractivity contribution in [3.63, 3.8) is 0 Å². The van der Waals surface area contributed by atoms with Crippen molar-refractivity contribution in [1.29, 1.82) is 0 Å². The van der Waals surface area contributed by atoms with Crippen molar-refractivity contribution < 1.29 is 4.42 Å². The van der Waals surface area contributed by atoms with Gasteiger partial charge in [-0.05, 0) is 72.2 Å². The van der Waals surface area contributed by atoms with Crippen LogP contribution >= 0.6 is 0 Å². The van der Waals surface area contributed by atoms with Gasteiger partial charge in [0.2, 0.25) is 5.89 Å². The highest BCUT2D eigenvalue weighted by Gasteiger charge is 2.53. The zero-order valence-electron chi connectivity index (χ0n) is 17.4. The van der Waals surface area contributed by atoms with Gasteiger partial charge in [0, 0.05) is 12.1 Å². The van der Waals surface area contributed by atoms with Gasteiger partial charge in [0.25, 0.3) is 0 Å². The molecular formula is C26H30N2O. The van der Waals surface area contributed by atoms with E-state index >= 15 is 0 Å². The summed E-state index contributed by atoms with van der Waals surface area (Å²) in [5, 5.41) is 3.64. The minimum atomic E-state index is 0.553. The molecule has 3 aliphatic carbocycles. The van der Waals surface area contributed by atoms with E-state index in [0.717, 1.165) is 42.1 Å². The van der Waals surface area contributed by atoms with Crippen molar-refractivity contribution in [2.75, 3.05) is 6.54 Å². The monoisotopic (exact) mass is 386 g/mol. The molecule has 0 amide bonds. The van der Waals surface area contributed by atoms with Gasteiger partial charge in [0.05, 0.1) is 5.69 Å². The Morgan fingerprint density at radius 3 is 2.41 bits per heavy atom. The SMILES string of the molecule is CC1(C)[C@H]2CC[C@@H](CNCc3coc(-c4ccc(-c5ccccc5)cc4)n3)[C@@H]1C2. The van der Waals surface area contributed by atoms with E-state index in [2.05, 4.69) is 67.7 Å². The lowest BCUT2D eigenvalue weighted by Crippen LogP contribution is -2.54. The number of oxazole rings is 1. The van der Waals surface area contributed by atoms with Crippen LogP contribution in [0.3, 0.4) is 0 Å². The largest absolute Gasteiger partial charge is 0.444 e. The lowest BCUT2D eigenvalue weighted by atomic mass is 9.45. The van der Waals surface area contributed by atoms with Gasteiger partial charge in [-0.2, -0.15) is 0 Å². The Labute approximate surface area is 173 Å². The number of hydrogen-bond acceptors (Lipinski definition) is 3. The predicted octanol–water partition coefficient (Wildman–Crippen LogP) is 6.17. The summed E-state index contributed by atoms with van der Waals surface area (Å²) in [5.41, 5.74) is 4.98. The second-order valence-electron chi connectivity index (χ2n) is 9.42. The maximum atomic E-state index is 5.75. The molecule has 0 aliphatic heterocycles. The highest BCUT2D eigenvalue weighted by molar-refractivity contribution is 5.67. The average molecular weight is 387 g/mol. The summed E-state index contributed by atoms with van der Waals surface area (Å²) in [6.45, 7) is 6.80. The van der Waals surface area contributed by atoms with Crippen molar-refractivity contribution in [1.82, 2.24) is 10.3 Å². The Bertz CT molecular complexity index is 956. The molecule has 150 valence electrons. The van der Waals surface area contributed by atoms with Crippen LogP contribution in [0.4, 0.5) is 0 Å². The summed E-state index contributed by atoms with van der Waals surface area (Å²) in [7, 11) is 0. The zero-order chi connectivity index (χ0) is 19.8. The minimum Gasteiger partial charge on any atom is -0.444 e. The van der Waals surface area contributed by atoms with Crippen LogP contribution in [-0.2, 0) is 6.54 Å². The van der Waals surface area contributed by atoms with Gasteiger partial charge in [-0.3, -0.25) is 0 Å². The van der Waals surface area contributed by atoms with Crippen LogP contribution in [-0.4, -0.2) is 11.5 Å². The number of fused-ring (bicyclic) bond motifs is 2. The molecule has 2 aromatic carbocycles. The van der Waals surface area contributed by atoms with Crippen molar-refractivity contribution in [2.45, 2.75) is 39.7 Å². The fourth-order valence-electron chi connectivity index (χ4n) is 5.55. The summed E-state index contributed by atoms with van der Waals surface area (Å²) in [5.74, 6) is 3.37. The first-order chi connectivity index (χ1) is 14.1. The molecular weight excluding hydrogens is 356 g/mol. The third-order valence-corrected chi connectivity index (χ3v) is 7.50. The van der Waals surface area contributed by atoms with Gasteiger partial charge in [-0.25, -0.2) is 4.98 Å². The third kappa shape index (κ3) is 3.53. The molecule has 3 saturated carbocycles. The second-order valence-corrected chi connectivity index (χ2v) is 9.42. The van der Waals surface area contributed by atoms with E-state index in [9.17, 15) is 0 Å². The van der Waals surface area contributed by atoms with Crippen molar-refractivity contribution >= 4 is 0 Å². The van der Waals surface area contributed by atoms with E-state index in [0.29, 0.717) is 11.3 Å². The standard InChI is InChI=1S/C26H30N2O/c1-26(2)22-13-12-21(24(26)14-22)15-27-16-23-17-29-25(28-23)20-10-8-19(9-11-20)18-6-4-3-5-7-18/h3-11,17,21-22,24,27H,12-16H2,1-2H3/t21-,22-,24-/m0/s1. The number of rotatable bonds is 6. The van der Waals surface area contributed by atoms with E-state index in [4.69, 9.17) is 9.40 Å². The molecule has 3 aliphatic rings. The van der Waals surface area contributed by atoms with Crippen LogP contribution in [0.5, 0.6) is 0 Å². The Kier molecular flexibility index (Phi) is 4.79. The molecule has 0 radical (unpaired) electrons. The van der Waals surface area contributed by atoms with Gasteiger partial charge in [-0.1, -0.05) is 56.3 Å². The molecule has 2 bridgehead atoms. The first kappa shape index (κ1) is 18.6. The van der Waals surface area contributed by atoms with Gasteiger partial charge < -0.3 is 9.73 Å². The Morgan fingerprint density at radius 2 is 1.69 bits per heavy atom. The first-order valence-corrected chi connectivity index (χ1v) is 10.9. The first-order valence-electron chi connectivity index (χ1n) is 10.9. The van der Waals surface area contributed by atoms with Crippen LogP contribution < -0.4 is 5.32 Å². The maximum absolute atomic E-state index is 5.75. The highest BCUT2D eigenvalue weighted by Crippen LogP contribution is 2.61. The maximum Gasteiger partial charge on any atom is 0.226 e. The third-order valence-electron chi connectivity index (χ3n) is 7.50. The lowest BCUT2D eigenvalue weighted by Gasteiger charge is -2.60. The van der Waals surface area contributed by atoms with Crippen LogP contribution in [0.1, 0.15) is 38.8 Å². The molecule has 3 aromatic rings. The average Bonchev–Trinajstić information content (AvgIpc) is 3.23. The van der Waals surface area contributed by atoms with Crippen molar-refractivity contribution in [3.05, 3.63) is 66.6 Å². The Morgan fingerprint density at radius 1 is 0.966 bits per heavy atom. The van der Waals surface area contributed by atoms with Gasteiger partial charge in [0.15, 0.2) is 0 Å². The molecule has 1 N–H and O–H groups in total. The normalized spacial score (nSPS) is 24.8. The fourth-order valence-corrected chi connectivity index (χ4v) is 5.55. The molecule has 3 fully saturated rings. The smallest absolute Gasteiger partial charge is 0.226 e. The van der Waals surface area contributed by atoms with Crippen molar-refractivity contribution in [2.24, 2.45) is 23.2 Å². The molecule has 0 spiro atoms. The molecule has 29 heavy (non-hydrogen) atoms. The topological polar surface area (TPSA) is 38.1 Å². The molecule has 3 heteroatoms. The van der Waals surface area contributed by atoms with Crippen LogP contribution in [0, 0.1) is 23.2 Å². The van der Waals surface area contributed by atoms with Crippen LogP contribution in [0.15, 0.2) is 65.3 Å². The fraction of sp³-hybridized carbons (Fsp3) is 0.423. The van der Waals surface area contributed by atoms with E-state index in [1.165, 1.54) is 30.4 Å². The Balaban J connectivity index is 1.18. The van der Waals surface area contributed by atoms with E-state index in [-0.39, 0.29) is 0 Å². The summed E-state index contributed by atoms with van der Waals surface area (Å²) >= 11 is 0. The number of benzene rings is 2. The highest BCUT2D eigenvalue weighted by atomic mass is 16.3. The summed E-state index contributed by atoms with van der Waals surface area (Å²) < 4.78 is 5.75. The molecule has 0 unspecified atom stereocenters. The number of nitrogens with one attached hydrogen (secondary N) is 1. The molecule has 0 saturated heterocycles. The Hall–Kier alpha value is -2.39. The summed E-state index contributed by atoms with van der Waals surface area (Å²) in [6.07, 6.45) is 6.01. The second kappa shape index (κ2) is 7.46. The van der Waals surface area contributed by atoms with Crippen LogP contribution in [0.25, 0.3) is 22.6 Å². The summed E-state index contributed by atoms with van der Waals surface area (Å²) in [4.78, 5) is 4.69. The molecule has 6 rings (SSSR count). The van der Waals surface area contributed by atoms with Crippen LogP contribution in [0.2, 0.25) is 0 Å². The molecule has 1 heterocycles. The zero-order valence-corrected chi connectivity index (χ0v) is 17.4. The molecule has 1 aromatic heterocycles. The van der Waals surface area contributed by atoms with Gasteiger partial charge in [0.1, 0.15) is 6.26 Å². The summed E-state index contributed by atoms with van der Waals surface area (Å²) in [6, 6.07) is 18.8. The van der Waals surface area contributed by atoms with Gasteiger partial charge in [-0.15, -0.1) is 0 Å². The lowest BCUT2D eigenvalue weighted by molar-refractivity contribution is -0.103. The quantitative estimate of drug-likeness (QED) is 0.550. The van der Waals surface area contributed by atoms with E-state index in [1.807, 2.05) is 6.07 Å². The predicted molar refractivity (Wildman–Crippen MR) is 117 cm³/mol. The number of nitrogens with zero attached hydrogens (tertiary/aromatic N) is 1. The van der Waals surface area contributed by atoms with Gasteiger partial charge >= 0.3 is 0 Å².